The average molecular weight is 215 g/mol. The molecule has 0 aromatic carbocycles. The van der Waals surface area contributed by atoms with Gasteiger partial charge < -0.3 is 5.73 Å². The molecule has 0 bridgehead atoms. The molecule has 1 rings (SSSR count). The molecule has 0 amide bonds. The normalized spacial score (nSPS) is 10.4. The van der Waals surface area contributed by atoms with Crippen LogP contribution in [0.5, 0.6) is 0 Å². The van der Waals surface area contributed by atoms with Crippen LogP contribution in [0.25, 0.3) is 0 Å². The summed E-state index contributed by atoms with van der Waals surface area (Å²) in [7, 11) is 0. The van der Waals surface area contributed by atoms with Crippen molar-refractivity contribution in [1.82, 2.24) is 4.98 Å². The Bertz CT molecular complexity index is 398. The summed E-state index contributed by atoms with van der Waals surface area (Å²) < 4.78 is 37.8. The number of alkyl halides is 2. The van der Waals surface area contributed by atoms with Crippen LogP contribution in [0.3, 0.4) is 0 Å². The van der Waals surface area contributed by atoms with E-state index in [4.69, 9.17) is 11.0 Å². The van der Waals surface area contributed by atoms with Crippen LogP contribution in [0.2, 0.25) is 0 Å². The highest BCUT2D eigenvalue weighted by atomic mass is 19.3. The monoisotopic (exact) mass is 215 g/mol. The van der Waals surface area contributed by atoms with Gasteiger partial charge in [-0.3, -0.25) is 4.98 Å². The summed E-state index contributed by atoms with van der Waals surface area (Å²) in [6.07, 6.45) is -3.09. The van der Waals surface area contributed by atoms with Crippen LogP contribution in [-0.2, 0) is 13.0 Å². The van der Waals surface area contributed by atoms with Crippen LogP contribution in [0.1, 0.15) is 23.4 Å². The molecule has 1 heterocycles. The highest BCUT2D eigenvalue weighted by molar-refractivity contribution is 5.27. The first-order valence-electron chi connectivity index (χ1n) is 4.13. The second kappa shape index (κ2) is 4.75. The molecule has 0 unspecified atom stereocenters. The van der Waals surface area contributed by atoms with Crippen LogP contribution < -0.4 is 5.73 Å². The van der Waals surface area contributed by atoms with Crippen LogP contribution in [-0.4, -0.2) is 4.98 Å². The lowest BCUT2D eigenvalue weighted by atomic mass is 10.1. The number of nitrogens with two attached hydrogens (primary N) is 1. The molecular weight excluding hydrogens is 207 g/mol. The van der Waals surface area contributed by atoms with Crippen molar-refractivity contribution in [2.45, 2.75) is 19.4 Å². The SMILES string of the molecule is N#CCc1nc(C(F)F)cc(F)c1CN. The average Bonchev–Trinajstić information content (AvgIpc) is 2.17. The highest BCUT2D eigenvalue weighted by Crippen LogP contribution is 2.21. The molecule has 0 saturated heterocycles. The maximum atomic E-state index is 13.2. The van der Waals surface area contributed by atoms with Crippen molar-refractivity contribution in [3.63, 3.8) is 0 Å². The smallest absolute Gasteiger partial charge is 0.280 e. The number of hydrogen-bond donors (Lipinski definition) is 1. The fraction of sp³-hybridized carbons (Fsp3) is 0.333. The molecule has 0 aliphatic carbocycles. The fourth-order valence-electron chi connectivity index (χ4n) is 1.16. The largest absolute Gasteiger partial charge is 0.326 e. The van der Waals surface area contributed by atoms with Gasteiger partial charge in [-0.05, 0) is 0 Å². The zero-order valence-electron chi connectivity index (χ0n) is 7.67. The number of rotatable bonds is 3. The Hall–Kier alpha value is -1.61. The van der Waals surface area contributed by atoms with Gasteiger partial charge in [-0.25, -0.2) is 13.2 Å². The number of halogens is 3. The molecule has 0 aliphatic rings. The molecule has 0 radical (unpaired) electrons. The third-order valence-corrected chi connectivity index (χ3v) is 1.85. The lowest BCUT2D eigenvalue weighted by Crippen LogP contribution is -2.09. The van der Waals surface area contributed by atoms with E-state index in [0.29, 0.717) is 6.07 Å². The van der Waals surface area contributed by atoms with Crippen LogP contribution >= 0.6 is 0 Å². The molecule has 0 aliphatic heterocycles. The molecule has 80 valence electrons. The first-order chi connectivity index (χ1) is 7.10. The molecular formula is C9H8F3N3. The Morgan fingerprint density at radius 1 is 1.53 bits per heavy atom. The van der Waals surface area contributed by atoms with Crippen molar-refractivity contribution in [2.24, 2.45) is 5.73 Å². The Labute approximate surface area is 84.3 Å². The Morgan fingerprint density at radius 3 is 2.67 bits per heavy atom. The van der Waals surface area contributed by atoms with Crippen molar-refractivity contribution in [3.05, 3.63) is 28.8 Å². The van der Waals surface area contributed by atoms with Gasteiger partial charge in [0.05, 0.1) is 18.2 Å². The van der Waals surface area contributed by atoms with Crippen LogP contribution in [0.15, 0.2) is 6.07 Å². The summed E-state index contributed by atoms with van der Waals surface area (Å²) in [6, 6.07) is 2.37. The minimum Gasteiger partial charge on any atom is -0.326 e. The number of aromatic nitrogens is 1. The molecule has 3 nitrogen and oxygen atoms in total. The predicted octanol–water partition coefficient (Wildman–Crippen LogP) is 1.68. The lowest BCUT2D eigenvalue weighted by molar-refractivity contribution is 0.145. The summed E-state index contributed by atoms with van der Waals surface area (Å²) in [5.74, 6) is -0.840. The van der Waals surface area contributed by atoms with Gasteiger partial charge in [0.2, 0.25) is 0 Å². The van der Waals surface area contributed by atoms with E-state index in [1.165, 1.54) is 0 Å². The summed E-state index contributed by atoms with van der Waals surface area (Å²) in [5, 5.41) is 8.42. The summed E-state index contributed by atoms with van der Waals surface area (Å²) >= 11 is 0. The maximum Gasteiger partial charge on any atom is 0.280 e. The summed E-state index contributed by atoms with van der Waals surface area (Å²) in [4.78, 5) is 3.50. The maximum absolute atomic E-state index is 13.2. The van der Waals surface area contributed by atoms with Gasteiger partial charge in [-0.1, -0.05) is 0 Å². The van der Waals surface area contributed by atoms with E-state index < -0.39 is 17.9 Å². The van der Waals surface area contributed by atoms with Gasteiger partial charge in [0.15, 0.2) is 0 Å². The molecule has 0 atom stereocenters. The van der Waals surface area contributed by atoms with Gasteiger partial charge in [-0.2, -0.15) is 5.26 Å². The Morgan fingerprint density at radius 2 is 2.20 bits per heavy atom. The first-order valence-corrected chi connectivity index (χ1v) is 4.13. The van der Waals surface area contributed by atoms with Gasteiger partial charge in [-0.15, -0.1) is 0 Å². The van der Waals surface area contributed by atoms with Crippen molar-refractivity contribution in [3.8, 4) is 6.07 Å². The van der Waals surface area contributed by atoms with Gasteiger partial charge in [0, 0.05) is 18.2 Å². The third-order valence-electron chi connectivity index (χ3n) is 1.85. The summed E-state index contributed by atoms with van der Waals surface area (Å²) in [5.41, 5.74) is 4.56. The highest BCUT2D eigenvalue weighted by Gasteiger charge is 2.16. The molecule has 0 spiro atoms. The molecule has 6 heteroatoms. The fourth-order valence-corrected chi connectivity index (χ4v) is 1.16. The van der Waals surface area contributed by atoms with Crippen molar-refractivity contribution >= 4 is 0 Å². The van der Waals surface area contributed by atoms with Crippen LogP contribution in [0.4, 0.5) is 13.2 Å². The minimum absolute atomic E-state index is 0.0148. The zero-order chi connectivity index (χ0) is 11.4. The van der Waals surface area contributed by atoms with E-state index in [9.17, 15) is 13.2 Å². The van der Waals surface area contributed by atoms with E-state index in [0.717, 1.165) is 0 Å². The van der Waals surface area contributed by atoms with Crippen molar-refractivity contribution < 1.29 is 13.2 Å². The first kappa shape index (κ1) is 11.5. The molecule has 1 aromatic heterocycles. The standard InChI is InChI=1S/C9H8F3N3/c10-6-3-8(9(11)12)15-7(1-2-13)5(6)4-14/h3,9H,1,4,14H2. The van der Waals surface area contributed by atoms with Crippen molar-refractivity contribution in [1.29, 1.82) is 5.26 Å². The second-order valence-electron chi connectivity index (χ2n) is 2.79. The van der Waals surface area contributed by atoms with E-state index in [1.807, 2.05) is 0 Å². The molecule has 0 fully saturated rings. The number of hydrogen-bond acceptors (Lipinski definition) is 3. The van der Waals surface area contributed by atoms with Crippen molar-refractivity contribution in [2.75, 3.05) is 0 Å². The van der Waals surface area contributed by atoms with Gasteiger partial charge in [0.1, 0.15) is 11.5 Å². The molecule has 15 heavy (non-hydrogen) atoms. The Balaban J connectivity index is 3.26. The van der Waals surface area contributed by atoms with Crippen LogP contribution in [0, 0.1) is 17.1 Å². The summed E-state index contributed by atoms with van der Waals surface area (Å²) in [6.45, 7) is -0.167. The Kier molecular flexibility index (Phi) is 3.63. The molecule has 2 N–H and O–H groups in total. The third kappa shape index (κ3) is 2.44. The topological polar surface area (TPSA) is 62.7 Å². The number of pyridine rings is 1. The lowest BCUT2D eigenvalue weighted by Gasteiger charge is -2.07. The number of nitrogens with zero attached hydrogens (tertiary/aromatic N) is 2. The van der Waals surface area contributed by atoms with E-state index >= 15 is 0 Å². The zero-order valence-corrected chi connectivity index (χ0v) is 7.67. The molecule has 0 saturated carbocycles. The number of nitriles is 1. The van der Waals surface area contributed by atoms with E-state index in [1.54, 1.807) is 6.07 Å². The van der Waals surface area contributed by atoms with Gasteiger partial charge >= 0.3 is 0 Å². The van der Waals surface area contributed by atoms with Gasteiger partial charge in [0.25, 0.3) is 6.43 Å². The second-order valence-corrected chi connectivity index (χ2v) is 2.79. The van der Waals surface area contributed by atoms with E-state index in [-0.39, 0.29) is 24.2 Å². The minimum atomic E-state index is -2.86. The quantitative estimate of drug-likeness (QED) is 0.834. The molecule has 1 aromatic rings. The van der Waals surface area contributed by atoms with E-state index in [2.05, 4.69) is 4.98 Å². The predicted molar refractivity (Wildman–Crippen MR) is 46.4 cm³/mol.